The van der Waals surface area contributed by atoms with Crippen LogP contribution in [-0.4, -0.2) is 43.8 Å². The van der Waals surface area contributed by atoms with Crippen molar-refractivity contribution in [1.29, 1.82) is 0 Å². The van der Waals surface area contributed by atoms with E-state index in [1.54, 1.807) is 0 Å². The molecule has 1 heterocycles. The molecule has 0 radical (unpaired) electrons. The first-order chi connectivity index (χ1) is 9.86. The zero-order valence-corrected chi connectivity index (χ0v) is 15.1. The van der Waals surface area contributed by atoms with E-state index >= 15 is 0 Å². The van der Waals surface area contributed by atoms with Gasteiger partial charge in [-0.15, -0.1) is 12.4 Å². The minimum Gasteiger partial charge on any atom is -0.317 e. The molecular formula is C12H17BrClN3O4S. The molecule has 1 N–H and O–H groups in total. The second kappa shape index (κ2) is 7.69. The van der Waals surface area contributed by atoms with Crippen molar-refractivity contribution < 1.29 is 13.3 Å². The molecule has 0 unspecified atom stereocenters. The predicted molar refractivity (Wildman–Crippen MR) is 88.9 cm³/mol. The fraction of sp³-hybridized carbons (Fsp3) is 0.500. The van der Waals surface area contributed by atoms with Crippen LogP contribution in [0.15, 0.2) is 27.6 Å². The lowest BCUT2D eigenvalue weighted by molar-refractivity contribution is -0.387. The highest BCUT2D eigenvalue weighted by molar-refractivity contribution is 9.10. The summed E-state index contributed by atoms with van der Waals surface area (Å²) in [6.07, 6.45) is 1.38. The number of hydrogen-bond acceptors (Lipinski definition) is 5. The van der Waals surface area contributed by atoms with Gasteiger partial charge in [-0.2, -0.15) is 4.31 Å². The topological polar surface area (TPSA) is 92.6 Å². The van der Waals surface area contributed by atoms with Gasteiger partial charge in [-0.1, -0.05) is 15.9 Å². The molecule has 1 aromatic rings. The average molecular weight is 415 g/mol. The summed E-state index contributed by atoms with van der Waals surface area (Å²) in [7, 11) is -2.02. The van der Waals surface area contributed by atoms with Crippen molar-refractivity contribution in [2.75, 3.05) is 20.1 Å². The molecular weight excluding hydrogens is 398 g/mol. The largest absolute Gasteiger partial charge is 0.317 e. The molecule has 0 spiro atoms. The summed E-state index contributed by atoms with van der Waals surface area (Å²) in [6.45, 7) is 0.717. The Bertz CT molecular complexity index is 648. The summed E-state index contributed by atoms with van der Waals surface area (Å²) in [4.78, 5) is 10.1. The number of sulfonamides is 1. The molecule has 0 amide bonds. The van der Waals surface area contributed by atoms with Crippen molar-refractivity contribution in [2.45, 2.75) is 23.8 Å². The van der Waals surface area contributed by atoms with E-state index in [1.807, 2.05) is 7.05 Å². The van der Waals surface area contributed by atoms with Crippen molar-refractivity contribution in [1.82, 2.24) is 9.62 Å². The van der Waals surface area contributed by atoms with Crippen LogP contribution in [0.2, 0.25) is 0 Å². The number of nitro groups is 1. The molecule has 1 fully saturated rings. The lowest BCUT2D eigenvalue weighted by Crippen LogP contribution is -2.43. The SMILES string of the molecule is CNC1CCN(S(=O)(=O)c2cc(Br)ccc2[N+](=O)[O-])CC1.Cl. The van der Waals surface area contributed by atoms with E-state index in [9.17, 15) is 18.5 Å². The van der Waals surface area contributed by atoms with Crippen LogP contribution in [0.4, 0.5) is 5.69 Å². The van der Waals surface area contributed by atoms with Gasteiger partial charge in [0.15, 0.2) is 4.90 Å². The Hall–Kier alpha value is -0.740. The summed E-state index contributed by atoms with van der Waals surface area (Å²) in [5.74, 6) is 0. The van der Waals surface area contributed by atoms with Gasteiger partial charge < -0.3 is 5.32 Å². The standard InChI is InChI=1S/C12H16BrN3O4S.ClH/c1-14-10-4-6-15(7-5-10)21(19,20)12-8-9(13)2-3-11(12)16(17)18;/h2-3,8,10,14H,4-7H2,1H3;1H. The zero-order valence-electron chi connectivity index (χ0n) is 11.9. The number of piperidine rings is 1. The Morgan fingerprint density at radius 2 is 1.95 bits per heavy atom. The molecule has 0 aromatic heterocycles. The third-order valence-corrected chi connectivity index (χ3v) is 6.02. The van der Waals surface area contributed by atoms with Gasteiger partial charge in [-0.25, -0.2) is 8.42 Å². The van der Waals surface area contributed by atoms with Gasteiger partial charge in [-0.05, 0) is 32.0 Å². The molecule has 124 valence electrons. The van der Waals surface area contributed by atoms with Gasteiger partial charge in [0.2, 0.25) is 10.0 Å². The van der Waals surface area contributed by atoms with Crippen LogP contribution in [0.3, 0.4) is 0 Å². The highest BCUT2D eigenvalue weighted by atomic mass is 79.9. The maximum Gasteiger partial charge on any atom is 0.289 e. The van der Waals surface area contributed by atoms with Gasteiger partial charge in [-0.3, -0.25) is 10.1 Å². The zero-order chi connectivity index (χ0) is 15.6. The summed E-state index contributed by atoms with van der Waals surface area (Å²) in [6, 6.07) is 4.24. The van der Waals surface area contributed by atoms with Crippen molar-refractivity contribution in [3.05, 3.63) is 32.8 Å². The fourth-order valence-corrected chi connectivity index (χ4v) is 4.53. The van der Waals surface area contributed by atoms with Gasteiger partial charge in [0.25, 0.3) is 5.69 Å². The van der Waals surface area contributed by atoms with E-state index in [0.717, 1.165) is 0 Å². The highest BCUT2D eigenvalue weighted by Gasteiger charge is 2.34. The monoisotopic (exact) mass is 413 g/mol. The number of nitrogens with zero attached hydrogens (tertiary/aromatic N) is 2. The molecule has 22 heavy (non-hydrogen) atoms. The Labute approximate surface area is 143 Å². The highest BCUT2D eigenvalue weighted by Crippen LogP contribution is 2.30. The third-order valence-electron chi connectivity index (χ3n) is 3.60. The van der Waals surface area contributed by atoms with Gasteiger partial charge >= 0.3 is 0 Å². The molecule has 1 aliphatic rings. The van der Waals surface area contributed by atoms with Crippen LogP contribution in [0.5, 0.6) is 0 Å². The lowest BCUT2D eigenvalue weighted by Gasteiger charge is -2.30. The summed E-state index contributed by atoms with van der Waals surface area (Å²) >= 11 is 3.17. The molecule has 0 bridgehead atoms. The first kappa shape index (κ1) is 19.3. The molecule has 0 saturated carbocycles. The number of nitro benzene ring substituents is 1. The molecule has 1 saturated heterocycles. The molecule has 1 aliphatic heterocycles. The second-order valence-corrected chi connectivity index (χ2v) is 7.66. The summed E-state index contributed by atoms with van der Waals surface area (Å²) in [5, 5.41) is 14.2. The molecule has 7 nitrogen and oxygen atoms in total. The van der Waals surface area contributed by atoms with Gasteiger partial charge in [0, 0.05) is 29.7 Å². The molecule has 0 atom stereocenters. The van der Waals surface area contributed by atoms with Crippen molar-refractivity contribution in [2.24, 2.45) is 0 Å². The number of nitrogens with one attached hydrogen (secondary N) is 1. The molecule has 0 aliphatic carbocycles. The van der Waals surface area contributed by atoms with Crippen LogP contribution in [0.1, 0.15) is 12.8 Å². The maximum absolute atomic E-state index is 12.6. The third kappa shape index (κ3) is 3.96. The Morgan fingerprint density at radius 3 is 2.45 bits per heavy atom. The Balaban J connectivity index is 0.00000242. The van der Waals surface area contributed by atoms with E-state index in [4.69, 9.17) is 0 Å². The Morgan fingerprint density at radius 1 is 1.36 bits per heavy atom. The van der Waals surface area contributed by atoms with E-state index < -0.39 is 20.6 Å². The molecule has 1 aromatic carbocycles. The second-order valence-electron chi connectivity index (χ2n) is 4.84. The van der Waals surface area contributed by atoms with E-state index in [0.29, 0.717) is 30.4 Å². The van der Waals surface area contributed by atoms with Gasteiger partial charge in [0.05, 0.1) is 4.92 Å². The first-order valence-electron chi connectivity index (χ1n) is 6.47. The minimum atomic E-state index is -3.86. The first-order valence-corrected chi connectivity index (χ1v) is 8.71. The van der Waals surface area contributed by atoms with Crippen LogP contribution in [0.25, 0.3) is 0 Å². The maximum atomic E-state index is 12.6. The minimum absolute atomic E-state index is 0. The normalized spacial score (nSPS) is 17.0. The van der Waals surface area contributed by atoms with Crippen molar-refractivity contribution >= 4 is 44.0 Å². The summed E-state index contributed by atoms with van der Waals surface area (Å²) < 4.78 is 27.1. The quantitative estimate of drug-likeness (QED) is 0.602. The van der Waals surface area contributed by atoms with Crippen LogP contribution in [-0.2, 0) is 10.0 Å². The fourth-order valence-electron chi connectivity index (χ4n) is 2.37. The van der Waals surface area contributed by atoms with E-state index in [-0.39, 0.29) is 23.3 Å². The smallest absolute Gasteiger partial charge is 0.289 e. The van der Waals surface area contributed by atoms with Crippen LogP contribution < -0.4 is 5.32 Å². The van der Waals surface area contributed by atoms with E-state index in [2.05, 4.69) is 21.2 Å². The number of halogens is 2. The van der Waals surface area contributed by atoms with Crippen LogP contribution >= 0.6 is 28.3 Å². The van der Waals surface area contributed by atoms with Crippen molar-refractivity contribution in [3.63, 3.8) is 0 Å². The number of benzene rings is 1. The lowest BCUT2D eigenvalue weighted by atomic mass is 10.1. The van der Waals surface area contributed by atoms with Crippen molar-refractivity contribution in [3.8, 4) is 0 Å². The predicted octanol–water partition coefficient (Wildman–Crippen LogP) is 2.15. The number of rotatable bonds is 4. The average Bonchev–Trinajstić information content (AvgIpc) is 2.47. The van der Waals surface area contributed by atoms with E-state index in [1.165, 1.54) is 22.5 Å². The van der Waals surface area contributed by atoms with Crippen LogP contribution in [0, 0.1) is 10.1 Å². The Kier molecular flexibility index (Phi) is 6.75. The van der Waals surface area contributed by atoms with Gasteiger partial charge in [0.1, 0.15) is 0 Å². The molecule has 10 heteroatoms. The number of hydrogen-bond donors (Lipinski definition) is 1. The summed E-state index contributed by atoms with van der Waals surface area (Å²) in [5.41, 5.74) is -0.395. The molecule has 2 rings (SSSR count).